The summed E-state index contributed by atoms with van der Waals surface area (Å²) in [4.78, 5) is 29.3. The van der Waals surface area contributed by atoms with Crippen molar-refractivity contribution in [1.29, 1.82) is 0 Å². The smallest absolute Gasteiger partial charge is 0.257 e. The number of phenols is 1. The Balaban J connectivity index is 1.36. The van der Waals surface area contributed by atoms with E-state index in [-0.39, 0.29) is 53.6 Å². The highest BCUT2D eigenvalue weighted by Crippen LogP contribution is 2.40. The van der Waals surface area contributed by atoms with E-state index in [1.165, 1.54) is 12.1 Å². The molecular formula is C25H29N3O5. The first-order chi connectivity index (χ1) is 15.6. The Morgan fingerprint density at radius 3 is 2.82 bits per heavy atom. The Kier molecular flexibility index (Phi) is 6.01. The minimum atomic E-state index is -0.668. The molecule has 1 amide bonds. The number of phenolic OH excluding ortho intramolecular Hbond substituents is 1. The van der Waals surface area contributed by atoms with Gasteiger partial charge in [-0.2, -0.15) is 0 Å². The highest BCUT2D eigenvalue weighted by Gasteiger charge is 2.35. The molecule has 174 valence electrons. The lowest BCUT2D eigenvalue weighted by Gasteiger charge is -2.32. The van der Waals surface area contributed by atoms with E-state index in [1.807, 2.05) is 24.3 Å². The molecule has 0 spiro atoms. The van der Waals surface area contributed by atoms with Crippen molar-refractivity contribution in [3.05, 3.63) is 47.8 Å². The maximum atomic E-state index is 12.3. The Labute approximate surface area is 192 Å². The van der Waals surface area contributed by atoms with Gasteiger partial charge in [0.1, 0.15) is 34.2 Å². The number of imidazole rings is 1. The van der Waals surface area contributed by atoms with E-state index in [0.717, 1.165) is 16.9 Å². The number of rotatable bonds is 7. The quantitative estimate of drug-likeness (QED) is 0.566. The number of fused-ring (bicyclic) bond motifs is 2. The van der Waals surface area contributed by atoms with E-state index < -0.39 is 5.60 Å². The molecule has 0 unspecified atom stereocenters. The van der Waals surface area contributed by atoms with Gasteiger partial charge in [0.25, 0.3) is 5.91 Å². The Bertz CT molecular complexity index is 1210. The lowest BCUT2D eigenvalue weighted by atomic mass is 9.92. The van der Waals surface area contributed by atoms with Crippen LogP contribution in [-0.4, -0.2) is 45.1 Å². The summed E-state index contributed by atoms with van der Waals surface area (Å²) in [6.45, 7) is 8.02. The number of aromatic hydroxyl groups is 1. The van der Waals surface area contributed by atoms with E-state index in [4.69, 9.17) is 14.5 Å². The third kappa shape index (κ3) is 4.79. The number of Topliss-reactive ketones (excluding diaryl/α,β-unsaturated/α-hetero) is 1. The van der Waals surface area contributed by atoms with Crippen LogP contribution < -0.4 is 14.8 Å². The van der Waals surface area contributed by atoms with Crippen LogP contribution in [0.4, 0.5) is 0 Å². The van der Waals surface area contributed by atoms with E-state index >= 15 is 0 Å². The zero-order chi connectivity index (χ0) is 23.8. The molecule has 2 N–H and O–H groups in total. The Hall–Kier alpha value is -3.55. The SMILES string of the molecule is CC(C)n1c(CCNC(=O)COc2cc(O)c3c(c2)OC(C)(C)CC3=O)nc2ccccc21. The van der Waals surface area contributed by atoms with Crippen molar-refractivity contribution in [3.63, 3.8) is 0 Å². The molecule has 1 aromatic heterocycles. The van der Waals surface area contributed by atoms with Gasteiger partial charge < -0.3 is 24.5 Å². The Morgan fingerprint density at radius 1 is 1.30 bits per heavy atom. The summed E-state index contributed by atoms with van der Waals surface area (Å²) < 4.78 is 13.5. The number of nitrogens with zero attached hydrogens (tertiary/aromatic N) is 2. The van der Waals surface area contributed by atoms with Gasteiger partial charge in [-0.15, -0.1) is 0 Å². The van der Waals surface area contributed by atoms with Crippen molar-refractivity contribution in [2.45, 2.75) is 52.2 Å². The van der Waals surface area contributed by atoms with Crippen molar-refractivity contribution in [1.82, 2.24) is 14.9 Å². The summed E-state index contributed by atoms with van der Waals surface area (Å²) in [6, 6.07) is 11.1. The van der Waals surface area contributed by atoms with Crippen molar-refractivity contribution < 1.29 is 24.2 Å². The molecule has 0 aliphatic carbocycles. The van der Waals surface area contributed by atoms with Crippen LogP contribution in [0, 0.1) is 0 Å². The number of aromatic nitrogens is 2. The summed E-state index contributed by atoms with van der Waals surface area (Å²) in [7, 11) is 0. The summed E-state index contributed by atoms with van der Waals surface area (Å²) >= 11 is 0. The fraction of sp³-hybridized carbons (Fsp3) is 0.400. The molecule has 0 atom stereocenters. The molecule has 2 heterocycles. The number of amides is 1. The van der Waals surface area contributed by atoms with Crippen LogP contribution in [-0.2, 0) is 11.2 Å². The molecule has 0 fully saturated rings. The molecule has 0 radical (unpaired) electrons. The number of hydrogen-bond donors (Lipinski definition) is 2. The number of hydrogen-bond acceptors (Lipinski definition) is 6. The number of para-hydroxylation sites is 2. The van der Waals surface area contributed by atoms with Gasteiger partial charge in [0.2, 0.25) is 0 Å². The number of ketones is 1. The maximum Gasteiger partial charge on any atom is 0.257 e. The highest BCUT2D eigenvalue weighted by atomic mass is 16.5. The van der Waals surface area contributed by atoms with Gasteiger partial charge in [0, 0.05) is 31.1 Å². The molecule has 3 aromatic rings. The van der Waals surface area contributed by atoms with Gasteiger partial charge >= 0.3 is 0 Å². The first-order valence-electron chi connectivity index (χ1n) is 11.1. The second-order valence-electron chi connectivity index (χ2n) is 9.15. The van der Waals surface area contributed by atoms with E-state index in [2.05, 4.69) is 23.7 Å². The first kappa shape index (κ1) is 22.6. The first-order valence-corrected chi connectivity index (χ1v) is 11.1. The van der Waals surface area contributed by atoms with Crippen LogP contribution in [0.25, 0.3) is 11.0 Å². The van der Waals surface area contributed by atoms with E-state index in [0.29, 0.717) is 13.0 Å². The average Bonchev–Trinajstić information content (AvgIpc) is 3.09. The second kappa shape index (κ2) is 8.77. The van der Waals surface area contributed by atoms with Gasteiger partial charge in [0.05, 0.1) is 17.5 Å². The lowest BCUT2D eigenvalue weighted by Crippen LogP contribution is -2.36. The molecule has 0 saturated carbocycles. The van der Waals surface area contributed by atoms with Crippen LogP contribution in [0.5, 0.6) is 17.2 Å². The molecule has 0 saturated heterocycles. The van der Waals surface area contributed by atoms with Gasteiger partial charge in [-0.25, -0.2) is 4.98 Å². The predicted octanol–water partition coefficient (Wildman–Crippen LogP) is 3.80. The molecule has 33 heavy (non-hydrogen) atoms. The van der Waals surface area contributed by atoms with Crippen LogP contribution in [0.15, 0.2) is 36.4 Å². The zero-order valence-electron chi connectivity index (χ0n) is 19.3. The fourth-order valence-electron chi connectivity index (χ4n) is 4.19. The van der Waals surface area contributed by atoms with Crippen molar-refractivity contribution in [2.75, 3.05) is 13.2 Å². The zero-order valence-corrected chi connectivity index (χ0v) is 19.3. The number of ether oxygens (including phenoxy) is 2. The predicted molar refractivity (Wildman–Crippen MR) is 124 cm³/mol. The summed E-state index contributed by atoms with van der Waals surface area (Å²) in [6.07, 6.45) is 0.768. The molecule has 8 heteroatoms. The molecule has 8 nitrogen and oxygen atoms in total. The van der Waals surface area contributed by atoms with Crippen LogP contribution in [0.1, 0.15) is 56.3 Å². The molecule has 1 aliphatic rings. The molecule has 0 bridgehead atoms. The topological polar surface area (TPSA) is 103 Å². The second-order valence-corrected chi connectivity index (χ2v) is 9.15. The minimum Gasteiger partial charge on any atom is -0.507 e. The van der Waals surface area contributed by atoms with Crippen LogP contribution >= 0.6 is 0 Å². The lowest BCUT2D eigenvalue weighted by molar-refractivity contribution is -0.123. The number of carbonyl (C=O) groups is 2. The summed E-state index contributed by atoms with van der Waals surface area (Å²) in [5.74, 6) is 0.743. The van der Waals surface area contributed by atoms with Crippen LogP contribution in [0.2, 0.25) is 0 Å². The summed E-state index contributed by atoms with van der Waals surface area (Å²) in [5.41, 5.74) is 1.50. The third-order valence-corrected chi connectivity index (χ3v) is 5.53. The van der Waals surface area contributed by atoms with Gasteiger partial charge in [0.15, 0.2) is 12.4 Å². The highest BCUT2D eigenvalue weighted by molar-refractivity contribution is 6.03. The summed E-state index contributed by atoms with van der Waals surface area (Å²) in [5, 5.41) is 13.1. The van der Waals surface area contributed by atoms with Crippen molar-refractivity contribution >= 4 is 22.7 Å². The van der Waals surface area contributed by atoms with Crippen molar-refractivity contribution in [3.8, 4) is 17.2 Å². The largest absolute Gasteiger partial charge is 0.507 e. The number of nitrogens with one attached hydrogen (secondary N) is 1. The van der Waals surface area contributed by atoms with E-state index in [9.17, 15) is 14.7 Å². The molecule has 1 aliphatic heterocycles. The maximum absolute atomic E-state index is 12.3. The molecular weight excluding hydrogens is 422 g/mol. The third-order valence-electron chi connectivity index (χ3n) is 5.53. The number of carbonyl (C=O) groups excluding carboxylic acids is 2. The molecule has 4 rings (SSSR count). The Morgan fingerprint density at radius 2 is 2.06 bits per heavy atom. The van der Waals surface area contributed by atoms with Gasteiger partial charge in [-0.3, -0.25) is 9.59 Å². The van der Waals surface area contributed by atoms with Crippen molar-refractivity contribution in [2.24, 2.45) is 0 Å². The molecule has 2 aromatic carbocycles. The van der Waals surface area contributed by atoms with Gasteiger partial charge in [-0.1, -0.05) is 12.1 Å². The average molecular weight is 452 g/mol. The normalized spacial score (nSPS) is 14.8. The fourth-order valence-corrected chi connectivity index (χ4v) is 4.19. The van der Waals surface area contributed by atoms with Crippen LogP contribution in [0.3, 0.4) is 0 Å². The minimum absolute atomic E-state index is 0.152. The standard InChI is InChI=1S/C25H29N3O5/c1-15(2)28-18-8-6-5-7-17(18)27-22(28)9-10-26-23(31)14-32-16-11-19(29)24-20(30)13-25(3,4)33-21(24)12-16/h5-8,11-12,15,29H,9-10,13-14H2,1-4H3,(H,26,31). The number of benzene rings is 2. The van der Waals surface area contributed by atoms with Gasteiger partial charge in [-0.05, 0) is 39.8 Å². The monoisotopic (exact) mass is 451 g/mol. The van der Waals surface area contributed by atoms with E-state index in [1.54, 1.807) is 13.8 Å².